The molecule has 1 fully saturated rings. The summed E-state index contributed by atoms with van der Waals surface area (Å²) in [5, 5.41) is 2.49. The Morgan fingerprint density at radius 3 is 2.52 bits per heavy atom. The molecule has 1 N–H and O–H groups in total. The minimum Gasteiger partial charge on any atom is -0.326 e. The molecule has 0 radical (unpaired) electrons. The number of hydrogen-bond acceptors (Lipinski definition) is 2. The summed E-state index contributed by atoms with van der Waals surface area (Å²) in [6, 6.07) is 10.1. The molecule has 1 heterocycles. The molecular formula is C20H19F3N2O2. The maximum atomic E-state index is 12.8. The smallest absolute Gasteiger partial charge is 0.326 e. The lowest BCUT2D eigenvalue weighted by molar-refractivity contribution is -0.137. The molecule has 4 nitrogen and oxygen atoms in total. The lowest BCUT2D eigenvalue weighted by Gasteiger charge is -2.18. The van der Waals surface area contributed by atoms with Crippen LogP contribution < -0.4 is 10.2 Å². The maximum Gasteiger partial charge on any atom is 0.416 e. The van der Waals surface area contributed by atoms with E-state index >= 15 is 0 Å². The predicted octanol–water partition coefficient (Wildman–Crippen LogP) is 4.31. The van der Waals surface area contributed by atoms with Crippen molar-refractivity contribution in [3.63, 3.8) is 0 Å². The summed E-state index contributed by atoms with van der Waals surface area (Å²) in [7, 11) is 0. The minimum atomic E-state index is -4.48. The fourth-order valence-electron chi connectivity index (χ4n) is 3.04. The van der Waals surface area contributed by atoms with Crippen LogP contribution in [0.1, 0.15) is 23.1 Å². The number of carbonyl (C=O) groups is 2. The average Bonchev–Trinajstić information content (AvgIpc) is 2.99. The van der Waals surface area contributed by atoms with Crippen molar-refractivity contribution in [2.24, 2.45) is 5.92 Å². The van der Waals surface area contributed by atoms with Gasteiger partial charge in [0.2, 0.25) is 11.8 Å². The van der Waals surface area contributed by atoms with Crippen molar-refractivity contribution in [2.45, 2.75) is 26.4 Å². The van der Waals surface area contributed by atoms with Gasteiger partial charge < -0.3 is 10.2 Å². The van der Waals surface area contributed by atoms with Crippen molar-refractivity contribution >= 4 is 23.2 Å². The number of anilines is 2. The van der Waals surface area contributed by atoms with Crippen molar-refractivity contribution in [1.82, 2.24) is 0 Å². The molecule has 142 valence electrons. The topological polar surface area (TPSA) is 49.4 Å². The molecule has 1 saturated heterocycles. The average molecular weight is 376 g/mol. The number of alkyl halides is 3. The van der Waals surface area contributed by atoms with E-state index in [0.29, 0.717) is 0 Å². The predicted molar refractivity (Wildman–Crippen MR) is 96.4 cm³/mol. The van der Waals surface area contributed by atoms with E-state index in [0.717, 1.165) is 28.9 Å². The SMILES string of the molecule is Cc1ccc(N2C[C@H](C(=O)Nc3cccc(C(F)(F)F)c3)CC2=O)cc1C. The van der Waals surface area contributed by atoms with Crippen LogP contribution in [0.5, 0.6) is 0 Å². The van der Waals surface area contributed by atoms with Gasteiger partial charge in [-0.2, -0.15) is 13.2 Å². The highest BCUT2D eigenvalue weighted by Gasteiger charge is 2.36. The van der Waals surface area contributed by atoms with Crippen molar-refractivity contribution in [3.8, 4) is 0 Å². The molecule has 1 atom stereocenters. The lowest BCUT2D eigenvalue weighted by atomic mass is 10.1. The van der Waals surface area contributed by atoms with Gasteiger partial charge in [0.15, 0.2) is 0 Å². The molecule has 2 amide bonds. The first kappa shape index (κ1) is 18.9. The molecule has 0 saturated carbocycles. The zero-order valence-electron chi connectivity index (χ0n) is 14.9. The number of rotatable bonds is 3. The number of benzene rings is 2. The molecule has 0 bridgehead atoms. The summed E-state index contributed by atoms with van der Waals surface area (Å²) in [5.74, 6) is -1.26. The molecule has 1 aliphatic rings. The Labute approximate surface area is 155 Å². The van der Waals surface area contributed by atoms with E-state index in [4.69, 9.17) is 0 Å². The summed E-state index contributed by atoms with van der Waals surface area (Å²) in [4.78, 5) is 26.3. The Balaban J connectivity index is 1.72. The van der Waals surface area contributed by atoms with E-state index in [1.165, 1.54) is 12.1 Å². The second kappa shape index (κ2) is 7.06. The van der Waals surface area contributed by atoms with Crippen LogP contribution in [-0.2, 0) is 15.8 Å². The van der Waals surface area contributed by atoms with Gasteiger partial charge in [0.1, 0.15) is 0 Å². The number of halogens is 3. The van der Waals surface area contributed by atoms with E-state index in [9.17, 15) is 22.8 Å². The fourth-order valence-corrected chi connectivity index (χ4v) is 3.04. The number of amides is 2. The first-order valence-corrected chi connectivity index (χ1v) is 8.51. The third-order valence-corrected chi connectivity index (χ3v) is 4.76. The van der Waals surface area contributed by atoms with Gasteiger partial charge in [0, 0.05) is 24.3 Å². The number of aryl methyl sites for hydroxylation is 2. The number of nitrogens with one attached hydrogen (secondary N) is 1. The van der Waals surface area contributed by atoms with Crippen LogP contribution >= 0.6 is 0 Å². The van der Waals surface area contributed by atoms with Gasteiger partial charge in [-0.05, 0) is 55.3 Å². The van der Waals surface area contributed by atoms with Crippen molar-refractivity contribution in [2.75, 3.05) is 16.8 Å². The molecule has 27 heavy (non-hydrogen) atoms. The largest absolute Gasteiger partial charge is 0.416 e. The number of nitrogens with zero attached hydrogens (tertiary/aromatic N) is 1. The molecule has 0 unspecified atom stereocenters. The Morgan fingerprint density at radius 1 is 1.11 bits per heavy atom. The van der Waals surface area contributed by atoms with Gasteiger partial charge in [-0.3, -0.25) is 9.59 Å². The second-order valence-electron chi connectivity index (χ2n) is 6.74. The number of hydrogen-bond donors (Lipinski definition) is 1. The molecular weight excluding hydrogens is 357 g/mol. The summed E-state index contributed by atoms with van der Waals surface area (Å²) in [6.07, 6.45) is -4.46. The van der Waals surface area contributed by atoms with E-state index in [1.54, 1.807) is 4.90 Å². The first-order chi connectivity index (χ1) is 12.6. The molecule has 2 aromatic rings. The number of carbonyl (C=O) groups excluding carboxylic acids is 2. The highest BCUT2D eigenvalue weighted by molar-refractivity contribution is 6.03. The van der Waals surface area contributed by atoms with Gasteiger partial charge in [-0.15, -0.1) is 0 Å². The highest BCUT2D eigenvalue weighted by atomic mass is 19.4. The molecule has 0 aliphatic carbocycles. The first-order valence-electron chi connectivity index (χ1n) is 8.51. The summed E-state index contributed by atoms with van der Waals surface area (Å²) in [6.45, 7) is 4.11. The standard InChI is InChI=1S/C20H19F3N2O2/c1-12-6-7-17(8-13(12)2)25-11-14(9-18(25)26)19(27)24-16-5-3-4-15(10-16)20(21,22)23/h3-8,10,14H,9,11H2,1-2H3,(H,24,27)/t14-/m1/s1. The summed E-state index contributed by atoms with van der Waals surface area (Å²) in [5.41, 5.74) is 2.09. The molecule has 0 spiro atoms. The Kier molecular flexibility index (Phi) is 4.95. The van der Waals surface area contributed by atoms with E-state index < -0.39 is 23.6 Å². The minimum absolute atomic E-state index is 0.0255. The van der Waals surface area contributed by atoms with E-state index in [2.05, 4.69) is 5.32 Å². The highest BCUT2D eigenvalue weighted by Crippen LogP contribution is 2.31. The van der Waals surface area contributed by atoms with Gasteiger partial charge in [0.25, 0.3) is 0 Å². The van der Waals surface area contributed by atoms with Crippen LogP contribution in [0.2, 0.25) is 0 Å². The van der Waals surface area contributed by atoms with Gasteiger partial charge in [-0.1, -0.05) is 12.1 Å². The van der Waals surface area contributed by atoms with Gasteiger partial charge >= 0.3 is 6.18 Å². The van der Waals surface area contributed by atoms with Crippen LogP contribution in [0.15, 0.2) is 42.5 Å². The van der Waals surface area contributed by atoms with Crippen LogP contribution in [0.4, 0.5) is 24.5 Å². The molecule has 7 heteroatoms. The quantitative estimate of drug-likeness (QED) is 0.868. The normalized spacial score (nSPS) is 17.3. The van der Waals surface area contributed by atoms with Crippen LogP contribution in [0.3, 0.4) is 0 Å². The van der Waals surface area contributed by atoms with Crippen LogP contribution in [0.25, 0.3) is 0 Å². The van der Waals surface area contributed by atoms with Crippen LogP contribution in [0, 0.1) is 19.8 Å². The third kappa shape index (κ3) is 4.13. The zero-order chi connectivity index (χ0) is 19.8. The Bertz CT molecular complexity index is 893. The maximum absolute atomic E-state index is 12.8. The molecule has 1 aliphatic heterocycles. The zero-order valence-corrected chi connectivity index (χ0v) is 14.9. The second-order valence-corrected chi connectivity index (χ2v) is 6.74. The molecule has 3 rings (SSSR count). The van der Waals surface area contributed by atoms with Crippen LogP contribution in [-0.4, -0.2) is 18.4 Å². The van der Waals surface area contributed by atoms with Crippen molar-refractivity contribution < 1.29 is 22.8 Å². The summed E-state index contributed by atoms with van der Waals surface area (Å²) >= 11 is 0. The third-order valence-electron chi connectivity index (χ3n) is 4.76. The van der Waals surface area contributed by atoms with E-state index in [1.807, 2.05) is 32.0 Å². The molecule has 0 aromatic heterocycles. The van der Waals surface area contributed by atoms with Crippen molar-refractivity contribution in [3.05, 3.63) is 59.2 Å². The Morgan fingerprint density at radius 2 is 1.85 bits per heavy atom. The van der Waals surface area contributed by atoms with E-state index in [-0.39, 0.29) is 24.6 Å². The van der Waals surface area contributed by atoms with Gasteiger partial charge in [0.05, 0.1) is 11.5 Å². The van der Waals surface area contributed by atoms with Gasteiger partial charge in [-0.25, -0.2) is 0 Å². The summed E-state index contributed by atoms with van der Waals surface area (Å²) < 4.78 is 38.4. The lowest BCUT2D eigenvalue weighted by Crippen LogP contribution is -2.28. The van der Waals surface area contributed by atoms with Crippen molar-refractivity contribution in [1.29, 1.82) is 0 Å². The monoisotopic (exact) mass is 376 g/mol. The molecule has 2 aromatic carbocycles. The fraction of sp³-hybridized carbons (Fsp3) is 0.300. The Hall–Kier alpha value is -2.83.